The number of hydrogen-bond acceptors (Lipinski definition) is 4. The second kappa shape index (κ2) is 6.75. The Labute approximate surface area is 114 Å². The fourth-order valence-corrected chi connectivity index (χ4v) is 2.21. The summed E-state index contributed by atoms with van der Waals surface area (Å²) in [6.07, 6.45) is 3.55. The Hall–Kier alpha value is -2.08. The van der Waals surface area contributed by atoms with E-state index in [4.69, 9.17) is 4.42 Å². The smallest absolute Gasteiger partial charge is 0.254 e. The molecular weight excluding hydrogens is 264 g/mol. The molecule has 2 rings (SSSR count). The standard InChI is InChI=1S/C13H14N2O3S/c16-12(14-5-3-11-2-1-7-19-11)8-15-13(17)10-4-6-18-9-10/h1-2,4,6-7,9H,3,5,8H2,(H,14,16)(H,15,17). The Morgan fingerprint density at radius 2 is 2.16 bits per heavy atom. The minimum Gasteiger partial charge on any atom is -0.472 e. The van der Waals surface area contributed by atoms with Crippen LogP contribution in [0.4, 0.5) is 0 Å². The van der Waals surface area contributed by atoms with Gasteiger partial charge in [0.05, 0.1) is 18.4 Å². The van der Waals surface area contributed by atoms with Crippen molar-refractivity contribution >= 4 is 23.2 Å². The van der Waals surface area contributed by atoms with Crippen molar-refractivity contribution in [2.75, 3.05) is 13.1 Å². The van der Waals surface area contributed by atoms with Gasteiger partial charge in [0.2, 0.25) is 5.91 Å². The van der Waals surface area contributed by atoms with Gasteiger partial charge in [-0.15, -0.1) is 11.3 Å². The zero-order valence-corrected chi connectivity index (χ0v) is 11.0. The lowest BCUT2D eigenvalue weighted by Crippen LogP contribution is -2.37. The molecule has 0 aliphatic heterocycles. The van der Waals surface area contributed by atoms with Gasteiger partial charge in [0.25, 0.3) is 5.91 Å². The molecule has 0 unspecified atom stereocenters. The van der Waals surface area contributed by atoms with Gasteiger partial charge in [-0.2, -0.15) is 0 Å². The van der Waals surface area contributed by atoms with E-state index in [2.05, 4.69) is 10.6 Å². The third kappa shape index (κ3) is 4.26. The first-order valence-electron chi connectivity index (χ1n) is 5.85. The summed E-state index contributed by atoms with van der Waals surface area (Å²) < 4.78 is 4.79. The third-order valence-corrected chi connectivity index (χ3v) is 3.40. The molecule has 0 radical (unpaired) electrons. The van der Waals surface area contributed by atoms with Crippen molar-refractivity contribution in [3.05, 3.63) is 46.5 Å². The highest BCUT2D eigenvalue weighted by atomic mass is 32.1. The van der Waals surface area contributed by atoms with Gasteiger partial charge < -0.3 is 15.1 Å². The van der Waals surface area contributed by atoms with Crippen LogP contribution in [0.5, 0.6) is 0 Å². The molecular formula is C13H14N2O3S. The largest absolute Gasteiger partial charge is 0.472 e. The monoisotopic (exact) mass is 278 g/mol. The molecule has 5 nitrogen and oxygen atoms in total. The Morgan fingerprint density at radius 3 is 2.84 bits per heavy atom. The van der Waals surface area contributed by atoms with Crippen molar-refractivity contribution in [3.8, 4) is 0 Å². The van der Waals surface area contributed by atoms with Crippen molar-refractivity contribution in [1.82, 2.24) is 10.6 Å². The summed E-state index contributed by atoms with van der Waals surface area (Å²) in [5, 5.41) is 7.27. The van der Waals surface area contributed by atoms with Crippen LogP contribution < -0.4 is 10.6 Å². The predicted octanol–water partition coefficient (Wildman–Crippen LogP) is 1.43. The van der Waals surface area contributed by atoms with Crippen LogP contribution in [0.3, 0.4) is 0 Å². The van der Waals surface area contributed by atoms with Gasteiger partial charge in [0.15, 0.2) is 0 Å². The number of nitrogens with one attached hydrogen (secondary N) is 2. The molecule has 0 bridgehead atoms. The zero-order chi connectivity index (χ0) is 13.5. The van der Waals surface area contributed by atoms with Crippen LogP contribution in [0.1, 0.15) is 15.2 Å². The van der Waals surface area contributed by atoms with Crippen LogP contribution in [0.15, 0.2) is 40.5 Å². The molecule has 2 heterocycles. The average molecular weight is 278 g/mol. The van der Waals surface area contributed by atoms with Crippen molar-refractivity contribution in [1.29, 1.82) is 0 Å². The highest BCUT2D eigenvalue weighted by Gasteiger charge is 2.08. The molecule has 2 aromatic rings. The maximum Gasteiger partial charge on any atom is 0.254 e. The summed E-state index contributed by atoms with van der Waals surface area (Å²) >= 11 is 1.66. The molecule has 0 aliphatic carbocycles. The van der Waals surface area contributed by atoms with Crippen LogP contribution >= 0.6 is 11.3 Å². The van der Waals surface area contributed by atoms with Crippen molar-refractivity contribution < 1.29 is 14.0 Å². The molecule has 100 valence electrons. The topological polar surface area (TPSA) is 71.3 Å². The van der Waals surface area contributed by atoms with Gasteiger partial charge >= 0.3 is 0 Å². The number of thiophene rings is 1. The average Bonchev–Trinajstić information content (AvgIpc) is 3.08. The summed E-state index contributed by atoms with van der Waals surface area (Å²) in [6, 6.07) is 5.55. The minimum absolute atomic E-state index is 0.0333. The quantitative estimate of drug-likeness (QED) is 0.839. The van der Waals surface area contributed by atoms with Crippen LogP contribution in [-0.4, -0.2) is 24.9 Å². The van der Waals surface area contributed by atoms with E-state index >= 15 is 0 Å². The van der Waals surface area contributed by atoms with E-state index < -0.39 is 0 Å². The third-order valence-electron chi connectivity index (χ3n) is 2.47. The summed E-state index contributed by atoms with van der Waals surface area (Å²) in [5.41, 5.74) is 0.409. The number of carbonyl (C=O) groups excluding carboxylic acids is 2. The Balaban J connectivity index is 1.63. The molecule has 0 saturated carbocycles. The minimum atomic E-state index is -0.317. The molecule has 0 saturated heterocycles. The van der Waals surface area contributed by atoms with Crippen LogP contribution in [-0.2, 0) is 11.2 Å². The maximum absolute atomic E-state index is 11.5. The number of furan rings is 1. The molecule has 2 amide bonds. The van der Waals surface area contributed by atoms with Gasteiger partial charge in [-0.05, 0) is 23.9 Å². The number of amides is 2. The van der Waals surface area contributed by atoms with Gasteiger partial charge in [-0.3, -0.25) is 9.59 Å². The van der Waals surface area contributed by atoms with E-state index in [0.29, 0.717) is 12.1 Å². The summed E-state index contributed by atoms with van der Waals surface area (Å²) in [7, 11) is 0. The van der Waals surface area contributed by atoms with Gasteiger partial charge in [-0.1, -0.05) is 6.07 Å². The van der Waals surface area contributed by atoms with E-state index in [9.17, 15) is 9.59 Å². The van der Waals surface area contributed by atoms with Gasteiger partial charge in [0.1, 0.15) is 6.26 Å². The number of carbonyl (C=O) groups is 2. The molecule has 0 atom stereocenters. The lowest BCUT2D eigenvalue weighted by atomic mass is 10.3. The highest BCUT2D eigenvalue weighted by Crippen LogP contribution is 2.07. The number of rotatable bonds is 6. The molecule has 0 spiro atoms. The normalized spacial score (nSPS) is 10.1. The maximum atomic E-state index is 11.5. The Bertz CT molecular complexity index is 520. The first kappa shape index (κ1) is 13.4. The second-order valence-corrected chi connectivity index (χ2v) is 4.91. The Morgan fingerprint density at radius 1 is 1.26 bits per heavy atom. The second-order valence-electron chi connectivity index (χ2n) is 3.87. The molecule has 2 N–H and O–H groups in total. The fraction of sp³-hybridized carbons (Fsp3) is 0.231. The van der Waals surface area contributed by atoms with Crippen molar-refractivity contribution in [2.45, 2.75) is 6.42 Å². The molecule has 0 aromatic carbocycles. The predicted molar refractivity (Wildman–Crippen MR) is 72.1 cm³/mol. The molecule has 2 aromatic heterocycles. The lowest BCUT2D eigenvalue weighted by molar-refractivity contribution is -0.120. The molecule has 0 fully saturated rings. The van der Waals surface area contributed by atoms with E-state index in [1.54, 1.807) is 17.4 Å². The SMILES string of the molecule is O=C(CNC(=O)c1ccoc1)NCCc1cccs1. The van der Waals surface area contributed by atoms with E-state index in [0.717, 1.165) is 6.42 Å². The fourth-order valence-electron chi connectivity index (χ4n) is 1.50. The first-order valence-corrected chi connectivity index (χ1v) is 6.73. The van der Waals surface area contributed by atoms with Crippen molar-refractivity contribution in [3.63, 3.8) is 0 Å². The first-order chi connectivity index (χ1) is 9.25. The summed E-state index contributed by atoms with van der Waals surface area (Å²) in [5.74, 6) is -0.518. The summed E-state index contributed by atoms with van der Waals surface area (Å²) in [6.45, 7) is 0.537. The summed E-state index contributed by atoms with van der Waals surface area (Å²) in [4.78, 5) is 24.2. The van der Waals surface area contributed by atoms with Crippen LogP contribution in [0, 0.1) is 0 Å². The van der Waals surface area contributed by atoms with Gasteiger partial charge in [0, 0.05) is 11.4 Å². The van der Waals surface area contributed by atoms with E-state index in [-0.39, 0.29) is 18.4 Å². The number of hydrogen-bond donors (Lipinski definition) is 2. The van der Waals surface area contributed by atoms with Crippen molar-refractivity contribution in [2.24, 2.45) is 0 Å². The van der Waals surface area contributed by atoms with Gasteiger partial charge in [-0.25, -0.2) is 0 Å². The van der Waals surface area contributed by atoms with E-state index in [1.165, 1.54) is 17.4 Å². The Kier molecular flexibility index (Phi) is 4.74. The lowest BCUT2D eigenvalue weighted by Gasteiger charge is -2.05. The van der Waals surface area contributed by atoms with Crippen LogP contribution in [0.2, 0.25) is 0 Å². The van der Waals surface area contributed by atoms with Crippen LogP contribution in [0.25, 0.3) is 0 Å². The zero-order valence-electron chi connectivity index (χ0n) is 10.2. The van der Waals surface area contributed by atoms with E-state index in [1.807, 2.05) is 17.5 Å². The molecule has 6 heteroatoms. The molecule has 19 heavy (non-hydrogen) atoms. The highest BCUT2D eigenvalue weighted by molar-refractivity contribution is 7.09. The molecule has 0 aliphatic rings.